The fourth-order valence-corrected chi connectivity index (χ4v) is 2.69. The Bertz CT molecular complexity index is 963. The number of benzene rings is 1. The Morgan fingerprint density at radius 1 is 1.27 bits per heavy atom. The smallest absolute Gasteiger partial charge is 0.311 e. The second-order valence-corrected chi connectivity index (χ2v) is 5.49. The lowest BCUT2D eigenvalue weighted by atomic mass is 10.1. The molecule has 3 aromatic rings. The Hall–Kier alpha value is -3.42. The van der Waals surface area contributed by atoms with Crippen molar-refractivity contribution >= 4 is 17.3 Å². The standard InChI is InChI=1S/C18H17N3O5/c1-3-26-17(22)11-15-18(12-4-6-13(7-5-12)21(23)24)19-16-10-14(25-2)8-9-20(15)16/h4-10H,3,11H2,1-2H3. The van der Waals surface area contributed by atoms with Crippen LogP contribution in [0.5, 0.6) is 5.75 Å². The number of carbonyl (C=O) groups excluding carboxylic acids is 1. The third-order valence-electron chi connectivity index (χ3n) is 3.90. The Balaban J connectivity index is 2.12. The molecule has 0 N–H and O–H groups in total. The number of non-ortho nitro benzene ring substituents is 1. The van der Waals surface area contributed by atoms with Gasteiger partial charge in [-0.15, -0.1) is 0 Å². The molecule has 0 saturated heterocycles. The number of pyridine rings is 1. The predicted molar refractivity (Wildman–Crippen MR) is 94.2 cm³/mol. The van der Waals surface area contributed by atoms with Gasteiger partial charge in [-0.1, -0.05) is 0 Å². The highest BCUT2D eigenvalue weighted by Gasteiger charge is 2.19. The van der Waals surface area contributed by atoms with E-state index in [0.29, 0.717) is 28.3 Å². The van der Waals surface area contributed by atoms with Crippen molar-refractivity contribution in [3.63, 3.8) is 0 Å². The lowest BCUT2D eigenvalue weighted by Crippen LogP contribution is -2.10. The van der Waals surface area contributed by atoms with Crippen molar-refractivity contribution < 1.29 is 19.2 Å². The monoisotopic (exact) mass is 355 g/mol. The molecule has 0 bridgehead atoms. The average molecular weight is 355 g/mol. The Kier molecular flexibility index (Phi) is 4.83. The fraction of sp³-hybridized carbons (Fsp3) is 0.222. The molecule has 0 fully saturated rings. The summed E-state index contributed by atoms with van der Waals surface area (Å²) < 4.78 is 12.1. The summed E-state index contributed by atoms with van der Waals surface area (Å²) in [5.74, 6) is 0.272. The van der Waals surface area contributed by atoms with Gasteiger partial charge in [0.25, 0.3) is 5.69 Å². The zero-order valence-corrected chi connectivity index (χ0v) is 14.3. The molecule has 0 spiro atoms. The molecule has 2 aromatic heterocycles. The summed E-state index contributed by atoms with van der Waals surface area (Å²) in [6, 6.07) is 9.58. The number of aromatic nitrogens is 2. The van der Waals surface area contributed by atoms with Crippen molar-refractivity contribution in [2.45, 2.75) is 13.3 Å². The van der Waals surface area contributed by atoms with Gasteiger partial charge in [0.15, 0.2) is 0 Å². The maximum absolute atomic E-state index is 12.0. The Morgan fingerprint density at radius 3 is 2.62 bits per heavy atom. The molecule has 134 valence electrons. The summed E-state index contributed by atoms with van der Waals surface area (Å²) in [5, 5.41) is 10.9. The van der Waals surface area contributed by atoms with E-state index in [1.165, 1.54) is 12.1 Å². The van der Waals surface area contributed by atoms with Gasteiger partial charge < -0.3 is 13.9 Å². The maximum Gasteiger partial charge on any atom is 0.311 e. The lowest BCUT2D eigenvalue weighted by molar-refractivity contribution is -0.384. The number of fused-ring (bicyclic) bond motifs is 1. The summed E-state index contributed by atoms with van der Waals surface area (Å²) in [5.41, 5.74) is 2.50. The van der Waals surface area contributed by atoms with E-state index in [9.17, 15) is 14.9 Å². The average Bonchev–Trinajstić information content (AvgIpc) is 2.99. The van der Waals surface area contributed by atoms with Crippen molar-refractivity contribution in [1.82, 2.24) is 9.38 Å². The van der Waals surface area contributed by atoms with Gasteiger partial charge in [0.1, 0.15) is 11.4 Å². The second kappa shape index (κ2) is 7.22. The van der Waals surface area contributed by atoms with E-state index in [0.717, 1.165) is 0 Å². The van der Waals surface area contributed by atoms with E-state index in [1.54, 1.807) is 48.9 Å². The van der Waals surface area contributed by atoms with Crippen LogP contribution in [0.3, 0.4) is 0 Å². The van der Waals surface area contributed by atoms with Gasteiger partial charge in [-0.3, -0.25) is 14.9 Å². The second-order valence-electron chi connectivity index (χ2n) is 5.49. The quantitative estimate of drug-likeness (QED) is 0.383. The van der Waals surface area contributed by atoms with Gasteiger partial charge in [-0.05, 0) is 25.1 Å². The molecule has 0 amide bonds. The summed E-state index contributed by atoms with van der Waals surface area (Å²) in [7, 11) is 1.56. The van der Waals surface area contributed by atoms with E-state index >= 15 is 0 Å². The minimum atomic E-state index is -0.460. The molecule has 8 heteroatoms. The van der Waals surface area contributed by atoms with Crippen LogP contribution in [0, 0.1) is 10.1 Å². The lowest BCUT2D eigenvalue weighted by Gasteiger charge is -2.06. The molecule has 0 aliphatic heterocycles. The first kappa shape index (κ1) is 17.4. The summed E-state index contributed by atoms with van der Waals surface area (Å²) in [6.07, 6.45) is 1.80. The largest absolute Gasteiger partial charge is 0.497 e. The van der Waals surface area contributed by atoms with Crippen LogP contribution in [0.1, 0.15) is 12.6 Å². The number of esters is 1. The molecule has 0 radical (unpaired) electrons. The van der Waals surface area contributed by atoms with Crippen molar-refractivity contribution in [2.24, 2.45) is 0 Å². The summed E-state index contributed by atoms with van der Waals surface area (Å²) >= 11 is 0. The number of rotatable bonds is 6. The van der Waals surface area contributed by atoms with Gasteiger partial charge in [-0.2, -0.15) is 0 Å². The number of hydrogen-bond donors (Lipinski definition) is 0. The number of nitro groups is 1. The van der Waals surface area contributed by atoms with E-state index in [1.807, 2.05) is 0 Å². The first-order chi connectivity index (χ1) is 12.5. The molecule has 3 rings (SSSR count). The summed E-state index contributed by atoms with van der Waals surface area (Å²) in [4.78, 5) is 27.0. The van der Waals surface area contributed by atoms with Crippen LogP contribution in [-0.2, 0) is 16.0 Å². The SMILES string of the molecule is CCOC(=O)Cc1c(-c2ccc([N+](=O)[O-])cc2)nc2cc(OC)ccn12. The van der Waals surface area contributed by atoms with Gasteiger partial charge in [-0.25, -0.2) is 4.98 Å². The fourth-order valence-electron chi connectivity index (χ4n) is 2.69. The van der Waals surface area contributed by atoms with Crippen molar-refractivity contribution in [1.29, 1.82) is 0 Å². The molecule has 8 nitrogen and oxygen atoms in total. The maximum atomic E-state index is 12.0. The first-order valence-electron chi connectivity index (χ1n) is 7.99. The molecule has 0 unspecified atom stereocenters. The summed E-state index contributed by atoms with van der Waals surface area (Å²) in [6.45, 7) is 2.03. The normalized spacial score (nSPS) is 10.7. The molecular formula is C18H17N3O5. The highest BCUT2D eigenvalue weighted by molar-refractivity contribution is 5.77. The van der Waals surface area contributed by atoms with E-state index in [2.05, 4.69) is 4.98 Å². The predicted octanol–water partition coefficient (Wildman–Crippen LogP) is 3.02. The number of hydrogen-bond acceptors (Lipinski definition) is 6. The van der Waals surface area contributed by atoms with Crippen molar-refractivity contribution in [2.75, 3.05) is 13.7 Å². The molecule has 0 saturated carbocycles. The van der Waals surface area contributed by atoms with Crippen molar-refractivity contribution in [3.8, 4) is 17.0 Å². The number of nitro benzene ring substituents is 1. The molecular weight excluding hydrogens is 338 g/mol. The van der Waals surface area contributed by atoms with Gasteiger partial charge in [0, 0.05) is 30.0 Å². The van der Waals surface area contributed by atoms with Crippen LogP contribution in [0.15, 0.2) is 42.6 Å². The topological polar surface area (TPSA) is 96.0 Å². The van der Waals surface area contributed by atoms with E-state index in [4.69, 9.17) is 9.47 Å². The molecule has 0 aliphatic carbocycles. The third kappa shape index (κ3) is 3.34. The number of imidazole rings is 1. The molecule has 2 heterocycles. The molecule has 1 aromatic carbocycles. The van der Waals surface area contributed by atoms with Gasteiger partial charge in [0.2, 0.25) is 0 Å². The first-order valence-corrected chi connectivity index (χ1v) is 7.99. The molecule has 26 heavy (non-hydrogen) atoms. The number of methoxy groups -OCH3 is 1. The van der Waals surface area contributed by atoms with Crippen LogP contribution in [0.2, 0.25) is 0 Å². The van der Waals surface area contributed by atoms with Gasteiger partial charge >= 0.3 is 5.97 Å². The van der Waals surface area contributed by atoms with Crippen LogP contribution < -0.4 is 4.74 Å². The Labute approximate surface area is 149 Å². The highest BCUT2D eigenvalue weighted by Crippen LogP contribution is 2.28. The minimum Gasteiger partial charge on any atom is -0.497 e. The zero-order chi connectivity index (χ0) is 18.7. The third-order valence-corrected chi connectivity index (χ3v) is 3.90. The van der Waals surface area contributed by atoms with Crippen LogP contribution in [-0.4, -0.2) is 34.0 Å². The zero-order valence-electron chi connectivity index (χ0n) is 14.3. The van der Waals surface area contributed by atoms with Crippen LogP contribution >= 0.6 is 0 Å². The van der Waals surface area contributed by atoms with E-state index < -0.39 is 4.92 Å². The number of ether oxygens (including phenoxy) is 2. The van der Waals surface area contributed by atoms with Crippen LogP contribution in [0.25, 0.3) is 16.9 Å². The number of carbonyl (C=O) groups is 1. The molecule has 0 atom stereocenters. The van der Waals surface area contributed by atoms with Crippen molar-refractivity contribution in [3.05, 3.63) is 58.4 Å². The number of nitrogens with zero attached hydrogens (tertiary/aromatic N) is 3. The Morgan fingerprint density at radius 2 is 2.00 bits per heavy atom. The van der Waals surface area contributed by atoms with Crippen LogP contribution in [0.4, 0.5) is 5.69 Å². The van der Waals surface area contributed by atoms with E-state index in [-0.39, 0.29) is 24.7 Å². The molecule has 0 aliphatic rings. The van der Waals surface area contributed by atoms with Gasteiger partial charge in [0.05, 0.1) is 36.4 Å². The minimum absolute atomic E-state index is 0.00822. The highest BCUT2D eigenvalue weighted by atomic mass is 16.6.